The van der Waals surface area contributed by atoms with Gasteiger partial charge < -0.3 is 14.4 Å². The van der Waals surface area contributed by atoms with E-state index in [1.807, 2.05) is 42.6 Å². The Morgan fingerprint density at radius 2 is 1.85 bits per heavy atom. The Kier molecular flexibility index (Phi) is 7.69. The summed E-state index contributed by atoms with van der Waals surface area (Å²) in [4.78, 5) is 32.8. The smallest absolute Gasteiger partial charge is 0.350 e. The Morgan fingerprint density at radius 3 is 2.54 bits per heavy atom. The molecule has 5 rings (SSSR count). The van der Waals surface area contributed by atoms with Crippen LogP contribution in [0.3, 0.4) is 0 Å². The van der Waals surface area contributed by atoms with Crippen molar-refractivity contribution in [3.8, 4) is 21.7 Å². The number of carbonyl (C=O) groups excluding carboxylic acids is 2. The van der Waals surface area contributed by atoms with Gasteiger partial charge in [-0.3, -0.25) is 4.79 Å². The van der Waals surface area contributed by atoms with Crippen LogP contribution >= 0.6 is 22.9 Å². The average molecular weight is 565 g/mol. The highest BCUT2D eigenvalue weighted by atomic mass is 35.5. The number of esters is 1. The summed E-state index contributed by atoms with van der Waals surface area (Å²) in [6, 6.07) is 16.9. The van der Waals surface area contributed by atoms with E-state index < -0.39 is 17.7 Å². The monoisotopic (exact) mass is 564 g/mol. The third kappa shape index (κ3) is 5.40. The molecule has 0 aliphatic heterocycles. The lowest BCUT2D eigenvalue weighted by molar-refractivity contribution is 0.0607. The van der Waals surface area contributed by atoms with Gasteiger partial charge in [0.25, 0.3) is 5.91 Å². The number of halogens is 2. The van der Waals surface area contributed by atoms with Gasteiger partial charge in [-0.1, -0.05) is 35.9 Å². The van der Waals surface area contributed by atoms with Crippen molar-refractivity contribution < 1.29 is 23.5 Å². The first-order valence-electron chi connectivity index (χ1n) is 11.8. The Hall–Kier alpha value is -4.12. The molecule has 0 saturated heterocycles. The van der Waals surface area contributed by atoms with Crippen molar-refractivity contribution >= 4 is 46.1 Å². The molecule has 1 amide bonds. The topological polar surface area (TPSA) is 86.0 Å². The molecule has 3 heterocycles. The van der Waals surface area contributed by atoms with Crippen molar-refractivity contribution in [2.45, 2.75) is 0 Å². The van der Waals surface area contributed by atoms with Gasteiger partial charge in [0.05, 0.1) is 30.7 Å². The van der Waals surface area contributed by atoms with E-state index in [0.29, 0.717) is 5.69 Å². The molecule has 0 radical (unpaired) electrons. The first-order chi connectivity index (χ1) is 18.9. The van der Waals surface area contributed by atoms with Crippen LogP contribution in [-0.4, -0.2) is 53.8 Å². The van der Waals surface area contributed by atoms with E-state index in [0.717, 1.165) is 33.4 Å². The summed E-state index contributed by atoms with van der Waals surface area (Å²) < 4.78 is 26.6. The number of carbonyl (C=O) groups is 2. The highest BCUT2D eigenvalue weighted by Crippen LogP contribution is 2.39. The number of ether oxygens (including phenoxy) is 2. The van der Waals surface area contributed by atoms with Crippen molar-refractivity contribution in [1.82, 2.24) is 14.6 Å². The van der Waals surface area contributed by atoms with Gasteiger partial charge in [0.1, 0.15) is 10.7 Å². The summed E-state index contributed by atoms with van der Waals surface area (Å²) in [5, 5.41) is 4.72. The van der Waals surface area contributed by atoms with Crippen LogP contribution in [0.4, 0.5) is 10.1 Å². The van der Waals surface area contributed by atoms with Gasteiger partial charge in [-0.15, -0.1) is 11.3 Å². The summed E-state index contributed by atoms with van der Waals surface area (Å²) in [5.74, 6) is -2.00. The Morgan fingerprint density at radius 1 is 1.08 bits per heavy atom. The summed E-state index contributed by atoms with van der Waals surface area (Å²) in [6.45, 7) is 0.244. The predicted octanol–water partition coefficient (Wildman–Crippen LogP) is 6.00. The molecule has 3 aromatic heterocycles. The number of nitrogens with zero attached hydrogens (tertiary/aromatic N) is 4. The van der Waals surface area contributed by atoms with Crippen molar-refractivity contribution in [3.05, 3.63) is 94.3 Å². The standard InChI is InChI=1S/C28H22ClFN4O4S/c1-37-13-12-33(27(35)20-9-8-19(29)14-21(20)30)23-16-24(39-26(23)28(36)38-2)18-6-4-17(5-7-18)22-15-25-31-10-3-11-34(25)32-22/h3-11,14-16H,12-13H2,1-2H3. The van der Waals surface area contributed by atoms with Crippen LogP contribution in [-0.2, 0) is 9.47 Å². The van der Waals surface area contributed by atoms with Gasteiger partial charge in [-0.25, -0.2) is 18.7 Å². The number of amides is 1. The summed E-state index contributed by atoms with van der Waals surface area (Å²) in [6.07, 6.45) is 3.54. The van der Waals surface area contributed by atoms with Crippen molar-refractivity contribution in [2.24, 2.45) is 0 Å². The van der Waals surface area contributed by atoms with E-state index in [1.54, 1.807) is 16.8 Å². The second-order valence-electron chi connectivity index (χ2n) is 8.42. The first kappa shape index (κ1) is 26.5. The largest absolute Gasteiger partial charge is 0.465 e. The number of hydrogen-bond acceptors (Lipinski definition) is 7. The maximum Gasteiger partial charge on any atom is 0.350 e. The summed E-state index contributed by atoms with van der Waals surface area (Å²) in [5.41, 5.74) is 3.34. The summed E-state index contributed by atoms with van der Waals surface area (Å²) >= 11 is 7.05. The molecule has 39 heavy (non-hydrogen) atoms. The third-order valence-corrected chi connectivity index (χ3v) is 7.39. The van der Waals surface area contributed by atoms with Gasteiger partial charge in [0.15, 0.2) is 5.65 Å². The predicted molar refractivity (Wildman–Crippen MR) is 148 cm³/mol. The van der Waals surface area contributed by atoms with Crippen LogP contribution in [0.1, 0.15) is 20.0 Å². The van der Waals surface area contributed by atoms with Gasteiger partial charge in [-0.05, 0) is 35.9 Å². The minimum Gasteiger partial charge on any atom is -0.465 e. The summed E-state index contributed by atoms with van der Waals surface area (Å²) in [7, 11) is 2.76. The van der Waals surface area contributed by atoms with Crippen LogP contribution in [0, 0.1) is 5.82 Å². The molecular formula is C28H22ClFN4O4S. The minimum atomic E-state index is -0.761. The highest BCUT2D eigenvalue weighted by molar-refractivity contribution is 7.18. The first-order valence-corrected chi connectivity index (χ1v) is 13.0. The molecule has 0 aliphatic carbocycles. The van der Waals surface area contributed by atoms with Crippen LogP contribution in [0.5, 0.6) is 0 Å². The number of benzene rings is 2. The van der Waals surface area contributed by atoms with Gasteiger partial charge in [0, 0.05) is 47.6 Å². The Labute approximate surface area is 232 Å². The minimum absolute atomic E-state index is 0.0818. The molecule has 8 nitrogen and oxygen atoms in total. The van der Waals surface area contributed by atoms with E-state index in [4.69, 9.17) is 21.1 Å². The fraction of sp³-hybridized carbons (Fsp3) is 0.143. The van der Waals surface area contributed by atoms with Crippen LogP contribution in [0.2, 0.25) is 5.02 Å². The van der Waals surface area contributed by atoms with E-state index >= 15 is 0 Å². The second kappa shape index (κ2) is 11.3. The zero-order valence-electron chi connectivity index (χ0n) is 20.9. The van der Waals surface area contributed by atoms with E-state index in [2.05, 4.69) is 10.1 Å². The number of hydrogen-bond donors (Lipinski definition) is 0. The number of methoxy groups -OCH3 is 2. The normalized spacial score (nSPS) is 11.1. The van der Waals surface area contributed by atoms with E-state index in [1.165, 1.54) is 42.6 Å². The molecule has 0 fully saturated rings. The molecule has 0 aliphatic rings. The fourth-order valence-corrected chi connectivity index (χ4v) is 5.31. The molecule has 0 bridgehead atoms. The zero-order valence-corrected chi connectivity index (χ0v) is 22.5. The van der Waals surface area contributed by atoms with Crippen LogP contribution in [0.25, 0.3) is 27.3 Å². The van der Waals surface area contributed by atoms with Gasteiger partial charge in [-0.2, -0.15) is 5.10 Å². The quantitative estimate of drug-likeness (QED) is 0.215. The molecule has 5 aromatic rings. The number of thiophene rings is 1. The SMILES string of the molecule is COCCN(C(=O)c1ccc(Cl)cc1F)c1cc(-c2ccc(-c3cc4ncccn4n3)cc2)sc1C(=O)OC. The molecule has 11 heteroatoms. The lowest BCUT2D eigenvalue weighted by Gasteiger charge is -2.23. The lowest BCUT2D eigenvalue weighted by atomic mass is 10.1. The molecular weight excluding hydrogens is 543 g/mol. The van der Waals surface area contributed by atoms with Crippen molar-refractivity contribution in [1.29, 1.82) is 0 Å². The van der Waals surface area contributed by atoms with Crippen LogP contribution < -0.4 is 4.90 Å². The molecule has 2 aromatic carbocycles. The average Bonchev–Trinajstić information content (AvgIpc) is 3.58. The number of aromatic nitrogens is 3. The maximum atomic E-state index is 14.7. The van der Waals surface area contributed by atoms with Crippen molar-refractivity contribution in [3.63, 3.8) is 0 Å². The van der Waals surface area contributed by atoms with Gasteiger partial charge >= 0.3 is 5.97 Å². The lowest BCUT2D eigenvalue weighted by Crippen LogP contribution is -2.35. The fourth-order valence-electron chi connectivity index (χ4n) is 4.06. The molecule has 198 valence electrons. The molecule has 0 saturated carbocycles. The second-order valence-corrected chi connectivity index (χ2v) is 9.91. The highest BCUT2D eigenvalue weighted by Gasteiger charge is 2.28. The third-order valence-electron chi connectivity index (χ3n) is 6.00. The Balaban J connectivity index is 1.53. The van der Waals surface area contributed by atoms with E-state index in [-0.39, 0.29) is 28.6 Å². The zero-order chi connectivity index (χ0) is 27.5. The number of rotatable bonds is 8. The molecule has 0 atom stereocenters. The molecule has 0 unspecified atom stereocenters. The van der Waals surface area contributed by atoms with Crippen molar-refractivity contribution in [2.75, 3.05) is 32.3 Å². The van der Waals surface area contributed by atoms with Gasteiger partial charge in [0.2, 0.25) is 0 Å². The van der Waals surface area contributed by atoms with Crippen LogP contribution in [0.15, 0.2) is 73.1 Å². The maximum absolute atomic E-state index is 14.7. The molecule has 0 spiro atoms. The van der Waals surface area contributed by atoms with E-state index in [9.17, 15) is 14.0 Å². The Bertz CT molecular complexity index is 1640. The number of fused-ring (bicyclic) bond motifs is 1. The number of anilines is 1. The molecule has 0 N–H and O–H groups in total.